The quantitative estimate of drug-likeness (QED) is 0.149. The number of aryl methyl sites for hydroxylation is 1. The summed E-state index contributed by atoms with van der Waals surface area (Å²) in [5, 5.41) is 7.13. The first-order valence-electron chi connectivity index (χ1n) is 19.2. The lowest BCUT2D eigenvalue weighted by Gasteiger charge is -2.19. The van der Waals surface area contributed by atoms with E-state index >= 15 is 0 Å². The van der Waals surface area contributed by atoms with Gasteiger partial charge in [-0.3, -0.25) is 0 Å². The third kappa shape index (κ3) is 6.64. The van der Waals surface area contributed by atoms with Crippen LogP contribution < -0.4 is 0 Å². The maximum Gasteiger partial charge on any atom is 0.174 e. The Morgan fingerprint density at radius 2 is 1.40 bits per heavy atom. The lowest BCUT2D eigenvalue weighted by atomic mass is 9.84. The molecule has 0 N–H and O–H groups in total. The second-order valence-electron chi connectivity index (χ2n) is 14.3. The smallest absolute Gasteiger partial charge is 0.174 e. The van der Waals surface area contributed by atoms with Crippen LogP contribution in [0.5, 0.6) is 0 Å². The van der Waals surface area contributed by atoms with E-state index in [4.69, 9.17) is 15.0 Å². The molecule has 1 aliphatic rings. The van der Waals surface area contributed by atoms with Crippen molar-refractivity contribution >= 4 is 44.5 Å². The van der Waals surface area contributed by atoms with Gasteiger partial charge in [0.2, 0.25) is 0 Å². The molecular formula is C51H41N3S. The number of hydrogen-bond donors (Lipinski definition) is 0. The number of aromatic nitrogens is 3. The summed E-state index contributed by atoms with van der Waals surface area (Å²) in [6.45, 7) is 8.80. The number of nitrogens with zero attached hydrogens (tertiary/aromatic N) is 3. The van der Waals surface area contributed by atoms with Crippen molar-refractivity contribution in [2.45, 2.75) is 39.5 Å². The first-order chi connectivity index (χ1) is 27.1. The van der Waals surface area contributed by atoms with Gasteiger partial charge in [0.1, 0.15) is 0 Å². The standard InChI is InChI=1S/C51H41N3S/c1-4-14-34-29-47(55-32-34)51-53-49(37-16-7-6-8-17-37)52-50(54-51)38-26-24-36(25-27-38)48-33(3)46(31-40-19-11-12-20-44(40)48)45-22-13-21-43(42(45)5-2)41-28-23-35-15-9-10-18-39(35)30-41/h5-7,9-13,15-16,18-32H,2,4,8,14,17H2,1,3H3. The van der Waals surface area contributed by atoms with Crippen molar-refractivity contribution in [3.05, 3.63) is 174 Å². The normalized spacial score (nSPS) is 12.7. The fourth-order valence-corrected chi connectivity index (χ4v) is 8.86. The topological polar surface area (TPSA) is 38.7 Å². The highest BCUT2D eigenvalue weighted by atomic mass is 32.1. The minimum atomic E-state index is 0.698. The van der Waals surface area contributed by atoms with Crippen LogP contribution in [-0.2, 0) is 6.42 Å². The van der Waals surface area contributed by atoms with Crippen LogP contribution in [0.15, 0.2) is 152 Å². The largest absolute Gasteiger partial charge is 0.209 e. The van der Waals surface area contributed by atoms with E-state index in [9.17, 15) is 0 Å². The fraction of sp³-hybridized carbons (Fsp3) is 0.118. The summed E-state index contributed by atoms with van der Waals surface area (Å²) in [5.41, 5.74) is 12.9. The fourth-order valence-electron chi connectivity index (χ4n) is 7.98. The Hall–Kier alpha value is -6.23. The van der Waals surface area contributed by atoms with Gasteiger partial charge in [0.25, 0.3) is 0 Å². The maximum absolute atomic E-state index is 5.07. The molecule has 55 heavy (non-hydrogen) atoms. The lowest BCUT2D eigenvalue weighted by molar-refractivity contribution is 0.926. The number of thiophene rings is 1. The lowest BCUT2D eigenvalue weighted by Crippen LogP contribution is -2.03. The van der Waals surface area contributed by atoms with Crippen LogP contribution in [0.2, 0.25) is 0 Å². The molecule has 2 aromatic heterocycles. The van der Waals surface area contributed by atoms with Crippen molar-refractivity contribution in [1.82, 2.24) is 15.0 Å². The molecule has 0 atom stereocenters. The monoisotopic (exact) mass is 727 g/mol. The summed E-state index contributed by atoms with van der Waals surface area (Å²) in [7, 11) is 0. The summed E-state index contributed by atoms with van der Waals surface area (Å²) in [4.78, 5) is 16.2. The van der Waals surface area contributed by atoms with Gasteiger partial charge in [-0.05, 0) is 127 Å². The highest BCUT2D eigenvalue weighted by molar-refractivity contribution is 7.13. The van der Waals surface area contributed by atoms with E-state index in [0.717, 1.165) is 64.5 Å². The van der Waals surface area contributed by atoms with Crippen LogP contribution in [0, 0.1) is 6.92 Å². The van der Waals surface area contributed by atoms with Gasteiger partial charge in [0, 0.05) is 5.56 Å². The Morgan fingerprint density at radius 3 is 2.20 bits per heavy atom. The van der Waals surface area contributed by atoms with E-state index < -0.39 is 0 Å². The number of rotatable bonds is 9. The Balaban J connectivity index is 1.15. The number of fused-ring (bicyclic) bond motifs is 2. The molecule has 8 aromatic rings. The predicted octanol–water partition coefficient (Wildman–Crippen LogP) is 14.2. The van der Waals surface area contributed by atoms with Crippen molar-refractivity contribution in [2.75, 3.05) is 0 Å². The van der Waals surface area contributed by atoms with Gasteiger partial charge in [-0.15, -0.1) is 11.3 Å². The van der Waals surface area contributed by atoms with E-state index in [2.05, 4.69) is 165 Å². The third-order valence-corrected chi connectivity index (χ3v) is 11.7. The molecule has 266 valence electrons. The second kappa shape index (κ2) is 14.9. The molecular weight excluding hydrogens is 687 g/mol. The van der Waals surface area contributed by atoms with Crippen molar-refractivity contribution in [1.29, 1.82) is 0 Å². The molecule has 4 heteroatoms. The molecule has 0 unspecified atom stereocenters. The third-order valence-electron chi connectivity index (χ3n) is 10.8. The van der Waals surface area contributed by atoms with E-state index in [1.54, 1.807) is 11.3 Å². The molecule has 0 fully saturated rings. The highest BCUT2D eigenvalue weighted by Crippen LogP contribution is 2.42. The molecule has 0 amide bonds. The Bertz CT molecular complexity index is 2800. The Labute approximate surface area is 327 Å². The Kier molecular flexibility index (Phi) is 9.35. The van der Waals surface area contributed by atoms with Crippen molar-refractivity contribution in [3.63, 3.8) is 0 Å². The average molecular weight is 728 g/mol. The first-order valence-corrected chi connectivity index (χ1v) is 20.0. The molecule has 0 saturated heterocycles. The number of hydrogen-bond acceptors (Lipinski definition) is 4. The molecule has 6 aromatic carbocycles. The van der Waals surface area contributed by atoms with Crippen LogP contribution >= 0.6 is 11.3 Å². The zero-order valence-corrected chi connectivity index (χ0v) is 32.0. The van der Waals surface area contributed by atoms with E-state index in [-0.39, 0.29) is 0 Å². The minimum absolute atomic E-state index is 0.698. The van der Waals surface area contributed by atoms with Crippen molar-refractivity contribution in [2.24, 2.45) is 0 Å². The van der Waals surface area contributed by atoms with Crippen LogP contribution in [0.25, 0.3) is 88.7 Å². The zero-order chi connectivity index (χ0) is 37.3. The molecule has 1 aliphatic carbocycles. The van der Waals surface area contributed by atoms with Crippen LogP contribution in [0.3, 0.4) is 0 Å². The molecule has 0 aliphatic heterocycles. The average Bonchev–Trinajstić information content (AvgIpc) is 3.72. The Morgan fingerprint density at radius 1 is 0.673 bits per heavy atom. The number of benzene rings is 6. The van der Waals surface area contributed by atoms with Gasteiger partial charge in [-0.25, -0.2) is 15.0 Å². The summed E-state index contributed by atoms with van der Waals surface area (Å²) in [5.74, 6) is 2.20. The van der Waals surface area contributed by atoms with Crippen LogP contribution in [-0.4, -0.2) is 15.0 Å². The van der Waals surface area contributed by atoms with Crippen LogP contribution in [0.1, 0.15) is 48.7 Å². The summed E-state index contributed by atoms with van der Waals surface area (Å²) in [6, 6.07) is 44.0. The van der Waals surface area contributed by atoms with E-state index in [1.165, 1.54) is 60.5 Å². The van der Waals surface area contributed by atoms with Gasteiger partial charge in [0.15, 0.2) is 17.5 Å². The van der Waals surface area contributed by atoms with E-state index in [1.807, 2.05) is 6.08 Å². The van der Waals surface area contributed by atoms with Gasteiger partial charge >= 0.3 is 0 Å². The summed E-state index contributed by atoms with van der Waals surface area (Å²) < 4.78 is 0. The maximum atomic E-state index is 5.07. The molecule has 2 heterocycles. The van der Waals surface area contributed by atoms with Gasteiger partial charge in [-0.1, -0.05) is 147 Å². The second-order valence-corrected chi connectivity index (χ2v) is 15.2. The van der Waals surface area contributed by atoms with Gasteiger partial charge < -0.3 is 0 Å². The molecule has 0 saturated carbocycles. The van der Waals surface area contributed by atoms with Gasteiger partial charge in [-0.2, -0.15) is 0 Å². The van der Waals surface area contributed by atoms with Crippen LogP contribution in [0.4, 0.5) is 0 Å². The molecule has 0 bridgehead atoms. The van der Waals surface area contributed by atoms with Crippen molar-refractivity contribution < 1.29 is 0 Å². The molecule has 3 nitrogen and oxygen atoms in total. The van der Waals surface area contributed by atoms with Crippen molar-refractivity contribution in [3.8, 4) is 55.5 Å². The molecule has 0 radical (unpaired) electrons. The summed E-state index contributed by atoms with van der Waals surface area (Å²) >= 11 is 1.71. The summed E-state index contributed by atoms with van der Waals surface area (Å²) in [6.07, 6.45) is 12.5. The highest BCUT2D eigenvalue weighted by Gasteiger charge is 2.19. The van der Waals surface area contributed by atoms with E-state index in [0.29, 0.717) is 5.82 Å². The van der Waals surface area contributed by atoms with Gasteiger partial charge in [0.05, 0.1) is 4.88 Å². The molecule has 9 rings (SSSR count). The zero-order valence-electron chi connectivity index (χ0n) is 31.2. The minimum Gasteiger partial charge on any atom is -0.209 e. The SMILES string of the molecule is C=Cc1c(-c2ccc3ccccc3c2)cccc1-c1cc2ccccc2c(-c2ccc(-c3nc(C4=CC=CCC4)nc(-c4cc(CCC)cs4)n3)cc2)c1C. The molecule has 0 spiro atoms. The predicted molar refractivity (Wildman–Crippen MR) is 235 cm³/mol. The first kappa shape index (κ1) is 34.5. The number of allylic oxidation sites excluding steroid dienone is 4.